The van der Waals surface area contributed by atoms with Crippen LogP contribution in [0.1, 0.15) is 51.3 Å². The van der Waals surface area contributed by atoms with Crippen LogP contribution in [0, 0.1) is 13.8 Å². The van der Waals surface area contributed by atoms with Gasteiger partial charge in [0.05, 0.1) is 16.9 Å². The standard InChI is InChI=1S/C23H30N6O3/c1-14-24-20(16-7-8-18-19(13-16)25-15(2)27(6)21(18)30)29(26-14)17-9-11-28(12-10-17)22(31)32-23(3,4)5/h7-8,13,17H,9-12H2,1-6H3. The van der Waals surface area contributed by atoms with Crippen LogP contribution < -0.4 is 5.56 Å². The summed E-state index contributed by atoms with van der Waals surface area (Å²) in [5.41, 5.74) is 0.946. The summed E-state index contributed by atoms with van der Waals surface area (Å²) in [6.45, 7) is 10.5. The molecular formula is C23H30N6O3. The Morgan fingerprint density at radius 3 is 2.47 bits per heavy atom. The fourth-order valence-corrected chi connectivity index (χ4v) is 4.02. The number of fused-ring (bicyclic) bond motifs is 1. The zero-order valence-corrected chi connectivity index (χ0v) is 19.5. The van der Waals surface area contributed by atoms with Crippen molar-refractivity contribution in [2.75, 3.05) is 13.1 Å². The molecule has 1 fully saturated rings. The number of hydrogen-bond acceptors (Lipinski definition) is 6. The average Bonchev–Trinajstić information content (AvgIpc) is 3.12. The van der Waals surface area contributed by atoms with Gasteiger partial charge in [-0.15, -0.1) is 0 Å². The largest absolute Gasteiger partial charge is 0.444 e. The number of piperidine rings is 1. The van der Waals surface area contributed by atoms with Gasteiger partial charge in [-0.3, -0.25) is 9.36 Å². The molecule has 0 atom stereocenters. The number of hydrogen-bond donors (Lipinski definition) is 0. The summed E-state index contributed by atoms with van der Waals surface area (Å²) in [7, 11) is 1.72. The molecule has 1 aliphatic heterocycles. The molecule has 9 heteroatoms. The topological polar surface area (TPSA) is 95.1 Å². The molecule has 9 nitrogen and oxygen atoms in total. The summed E-state index contributed by atoms with van der Waals surface area (Å²) in [5, 5.41) is 5.23. The van der Waals surface area contributed by atoms with Gasteiger partial charge in [0.25, 0.3) is 5.56 Å². The van der Waals surface area contributed by atoms with Gasteiger partial charge in [0.1, 0.15) is 17.2 Å². The average molecular weight is 439 g/mol. The quantitative estimate of drug-likeness (QED) is 0.609. The molecule has 0 radical (unpaired) electrons. The van der Waals surface area contributed by atoms with Gasteiger partial charge in [0, 0.05) is 25.7 Å². The van der Waals surface area contributed by atoms with Crippen molar-refractivity contribution in [3.8, 4) is 11.4 Å². The van der Waals surface area contributed by atoms with Crippen LogP contribution in [0.2, 0.25) is 0 Å². The number of amides is 1. The van der Waals surface area contributed by atoms with Gasteiger partial charge in [-0.2, -0.15) is 5.10 Å². The lowest BCUT2D eigenvalue weighted by molar-refractivity contribution is 0.0185. The van der Waals surface area contributed by atoms with Crippen LogP contribution in [-0.4, -0.2) is 54.0 Å². The van der Waals surface area contributed by atoms with E-state index < -0.39 is 5.60 Å². The Morgan fingerprint density at radius 2 is 1.81 bits per heavy atom. The van der Waals surface area contributed by atoms with E-state index in [0.717, 1.165) is 24.2 Å². The summed E-state index contributed by atoms with van der Waals surface area (Å²) in [4.78, 5) is 35.9. The Kier molecular flexibility index (Phi) is 5.52. The molecule has 2 aromatic heterocycles. The lowest BCUT2D eigenvalue weighted by Gasteiger charge is -2.33. The first-order chi connectivity index (χ1) is 15.0. The van der Waals surface area contributed by atoms with Crippen molar-refractivity contribution >= 4 is 17.0 Å². The molecule has 0 N–H and O–H groups in total. The van der Waals surface area contributed by atoms with Crippen LogP contribution in [0.15, 0.2) is 23.0 Å². The Balaban J connectivity index is 1.60. The SMILES string of the molecule is Cc1nc(-c2ccc3c(=O)n(C)c(C)nc3c2)n(C2CCN(C(=O)OC(C)(C)C)CC2)n1. The fourth-order valence-electron chi connectivity index (χ4n) is 4.02. The molecular weight excluding hydrogens is 408 g/mol. The molecule has 0 unspecified atom stereocenters. The number of benzene rings is 1. The molecule has 1 saturated heterocycles. The number of likely N-dealkylation sites (tertiary alicyclic amines) is 1. The van der Waals surface area contributed by atoms with E-state index >= 15 is 0 Å². The summed E-state index contributed by atoms with van der Waals surface area (Å²) in [6, 6.07) is 5.73. The molecule has 1 aliphatic rings. The maximum atomic E-state index is 12.5. The minimum absolute atomic E-state index is 0.0637. The molecule has 4 rings (SSSR count). The first-order valence-corrected chi connectivity index (χ1v) is 10.9. The van der Waals surface area contributed by atoms with Crippen LogP contribution >= 0.6 is 0 Å². The number of carbonyl (C=O) groups excluding carboxylic acids is 1. The third kappa shape index (κ3) is 4.24. The maximum absolute atomic E-state index is 12.5. The third-order valence-corrected chi connectivity index (χ3v) is 5.76. The molecule has 3 aromatic rings. The lowest BCUT2D eigenvalue weighted by Crippen LogP contribution is -2.42. The Labute approximate surface area is 187 Å². The Bertz CT molecular complexity index is 1230. The first-order valence-electron chi connectivity index (χ1n) is 10.9. The highest BCUT2D eigenvalue weighted by atomic mass is 16.6. The van der Waals surface area contributed by atoms with E-state index in [1.54, 1.807) is 22.6 Å². The second-order valence-corrected chi connectivity index (χ2v) is 9.38. The summed E-state index contributed by atoms with van der Waals surface area (Å²) in [6.07, 6.45) is 1.25. The second-order valence-electron chi connectivity index (χ2n) is 9.38. The second kappa shape index (κ2) is 8.03. The third-order valence-electron chi connectivity index (χ3n) is 5.76. The Morgan fingerprint density at radius 1 is 1.12 bits per heavy atom. The van der Waals surface area contributed by atoms with Crippen LogP contribution in [-0.2, 0) is 11.8 Å². The van der Waals surface area contributed by atoms with E-state index in [0.29, 0.717) is 35.6 Å². The van der Waals surface area contributed by atoms with Gasteiger partial charge in [0.15, 0.2) is 5.82 Å². The predicted octanol–water partition coefficient (Wildman–Crippen LogP) is 3.38. The lowest BCUT2D eigenvalue weighted by atomic mass is 10.0. The van der Waals surface area contributed by atoms with E-state index in [2.05, 4.69) is 15.1 Å². The summed E-state index contributed by atoms with van der Waals surface area (Å²) < 4.78 is 9.01. The number of rotatable bonds is 2. The molecule has 0 spiro atoms. The number of carbonyl (C=O) groups is 1. The normalized spacial score (nSPS) is 15.4. The highest BCUT2D eigenvalue weighted by molar-refractivity contribution is 5.82. The van der Waals surface area contributed by atoms with Gasteiger partial charge < -0.3 is 9.64 Å². The van der Waals surface area contributed by atoms with E-state index in [4.69, 9.17) is 4.74 Å². The zero-order valence-electron chi connectivity index (χ0n) is 19.5. The van der Waals surface area contributed by atoms with Gasteiger partial charge in [-0.05, 0) is 59.6 Å². The smallest absolute Gasteiger partial charge is 0.410 e. The molecule has 1 aromatic carbocycles. The van der Waals surface area contributed by atoms with E-state index in [-0.39, 0.29) is 17.7 Å². The van der Waals surface area contributed by atoms with Crippen molar-refractivity contribution in [3.05, 3.63) is 40.2 Å². The molecule has 0 saturated carbocycles. The molecule has 32 heavy (non-hydrogen) atoms. The van der Waals surface area contributed by atoms with Crippen molar-refractivity contribution in [1.29, 1.82) is 0 Å². The van der Waals surface area contributed by atoms with Gasteiger partial charge >= 0.3 is 6.09 Å². The van der Waals surface area contributed by atoms with Crippen molar-refractivity contribution in [3.63, 3.8) is 0 Å². The van der Waals surface area contributed by atoms with E-state index in [9.17, 15) is 9.59 Å². The molecule has 1 amide bonds. The van der Waals surface area contributed by atoms with E-state index in [1.807, 2.05) is 51.4 Å². The molecule has 170 valence electrons. The van der Waals surface area contributed by atoms with Gasteiger partial charge in [0.2, 0.25) is 0 Å². The monoisotopic (exact) mass is 438 g/mol. The van der Waals surface area contributed by atoms with Crippen LogP contribution in [0.25, 0.3) is 22.3 Å². The predicted molar refractivity (Wildman–Crippen MR) is 122 cm³/mol. The van der Waals surface area contributed by atoms with Crippen molar-refractivity contribution in [2.45, 2.75) is 59.1 Å². The summed E-state index contributed by atoms with van der Waals surface area (Å²) in [5.74, 6) is 2.09. The maximum Gasteiger partial charge on any atom is 0.410 e. The van der Waals surface area contributed by atoms with E-state index in [1.165, 1.54) is 0 Å². The number of ether oxygens (including phenoxy) is 1. The highest BCUT2D eigenvalue weighted by Gasteiger charge is 2.29. The first kappa shape index (κ1) is 22.0. The number of nitrogens with zero attached hydrogens (tertiary/aromatic N) is 6. The minimum atomic E-state index is -0.506. The van der Waals surface area contributed by atoms with Gasteiger partial charge in [-0.1, -0.05) is 6.07 Å². The molecule has 3 heterocycles. The Hall–Kier alpha value is -3.23. The number of aromatic nitrogens is 5. The van der Waals surface area contributed by atoms with Crippen LogP contribution in [0.5, 0.6) is 0 Å². The van der Waals surface area contributed by atoms with Crippen molar-refractivity contribution in [2.24, 2.45) is 7.05 Å². The van der Waals surface area contributed by atoms with Crippen molar-refractivity contribution in [1.82, 2.24) is 29.2 Å². The highest BCUT2D eigenvalue weighted by Crippen LogP contribution is 2.29. The van der Waals surface area contributed by atoms with Crippen LogP contribution in [0.3, 0.4) is 0 Å². The van der Waals surface area contributed by atoms with Crippen LogP contribution in [0.4, 0.5) is 4.79 Å². The van der Waals surface area contributed by atoms with Gasteiger partial charge in [-0.25, -0.2) is 19.4 Å². The summed E-state index contributed by atoms with van der Waals surface area (Å²) >= 11 is 0. The number of aryl methyl sites for hydroxylation is 2. The fraction of sp³-hybridized carbons (Fsp3) is 0.522. The zero-order chi connectivity index (χ0) is 23.2. The molecule has 0 bridgehead atoms. The molecule has 0 aliphatic carbocycles. The minimum Gasteiger partial charge on any atom is -0.444 e. The van der Waals surface area contributed by atoms with Crippen molar-refractivity contribution < 1.29 is 9.53 Å².